The molecule has 1 aromatic heterocycles. The van der Waals surface area contributed by atoms with Crippen LogP contribution in [0.5, 0.6) is 0 Å². The van der Waals surface area contributed by atoms with Crippen molar-refractivity contribution in [1.29, 1.82) is 0 Å². The second kappa shape index (κ2) is 5.41. The first-order chi connectivity index (χ1) is 7.43. The van der Waals surface area contributed by atoms with Crippen molar-refractivity contribution in [3.63, 3.8) is 0 Å². The molecule has 0 aliphatic carbocycles. The highest BCUT2D eigenvalue weighted by Crippen LogP contribution is 2.14. The van der Waals surface area contributed by atoms with Gasteiger partial charge in [-0.3, -0.25) is 4.98 Å². The number of nitrogens with one attached hydrogen (secondary N) is 1. The molecule has 0 aromatic carbocycles. The zero-order valence-electron chi connectivity index (χ0n) is 10.6. The van der Waals surface area contributed by atoms with E-state index in [0.717, 1.165) is 6.54 Å². The third-order valence-electron chi connectivity index (χ3n) is 3.19. The van der Waals surface area contributed by atoms with Crippen LogP contribution in [0.4, 0.5) is 0 Å². The van der Waals surface area contributed by atoms with Crippen LogP contribution in [-0.2, 0) is 6.54 Å². The van der Waals surface area contributed by atoms with E-state index in [4.69, 9.17) is 0 Å². The average molecular weight is 222 g/mol. The SMILES string of the molecule is Cc1ccncc1CNCC(C)(O)C(C)C. The molecule has 0 amide bonds. The largest absolute Gasteiger partial charge is 0.389 e. The first-order valence-electron chi connectivity index (χ1n) is 5.76. The van der Waals surface area contributed by atoms with Gasteiger partial charge in [-0.15, -0.1) is 0 Å². The third kappa shape index (κ3) is 3.58. The third-order valence-corrected chi connectivity index (χ3v) is 3.19. The summed E-state index contributed by atoms with van der Waals surface area (Å²) in [5.74, 6) is 0.245. The Kier molecular flexibility index (Phi) is 4.44. The Bertz CT molecular complexity index is 334. The first-order valence-corrected chi connectivity index (χ1v) is 5.76. The second-order valence-electron chi connectivity index (χ2n) is 4.92. The Labute approximate surface area is 97.9 Å². The van der Waals surface area contributed by atoms with Crippen molar-refractivity contribution in [2.45, 2.75) is 39.8 Å². The van der Waals surface area contributed by atoms with E-state index >= 15 is 0 Å². The fraction of sp³-hybridized carbons (Fsp3) is 0.615. The van der Waals surface area contributed by atoms with Gasteiger partial charge in [-0.1, -0.05) is 13.8 Å². The topological polar surface area (TPSA) is 45.2 Å². The number of hydrogen-bond acceptors (Lipinski definition) is 3. The van der Waals surface area contributed by atoms with Gasteiger partial charge in [-0.2, -0.15) is 0 Å². The highest BCUT2D eigenvalue weighted by Gasteiger charge is 2.23. The van der Waals surface area contributed by atoms with Gasteiger partial charge in [0.05, 0.1) is 5.60 Å². The predicted octanol–water partition coefficient (Wildman–Crippen LogP) is 1.89. The maximum absolute atomic E-state index is 10.1. The molecule has 0 fully saturated rings. The van der Waals surface area contributed by atoms with E-state index in [2.05, 4.69) is 17.2 Å². The molecule has 3 heteroatoms. The van der Waals surface area contributed by atoms with Gasteiger partial charge in [0.2, 0.25) is 0 Å². The maximum atomic E-state index is 10.1. The Morgan fingerprint density at radius 2 is 2.19 bits per heavy atom. The number of aryl methyl sites for hydroxylation is 1. The van der Waals surface area contributed by atoms with Gasteiger partial charge < -0.3 is 10.4 Å². The van der Waals surface area contributed by atoms with Crippen molar-refractivity contribution in [3.05, 3.63) is 29.6 Å². The van der Waals surface area contributed by atoms with Gasteiger partial charge in [-0.25, -0.2) is 0 Å². The minimum absolute atomic E-state index is 0.245. The molecule has 90 valence electrons. The zero-order chi connectivity index (χ0) is 12.2. The molecular formula is C13H22N2O. The fourth-order valence-corrected chi connectivity index (χ4v) is 1.34. The number of pyridine rings is 1. The molecule has 0 aliphatic rings. The van der Waals surface area contributed by atoms with E-state index in [0.29, 0.717) is 6.54 Å². The summed E-state index contributed by atoms with van der Waals surface area (Å²) in [5, 5.41) is 13.3. The van der Waals surface area contributed by atoms with Crippen LogP contribution in [0.2, 0.25) is 0 Å². The summed E-state index contributed by atoms with van der Waals surface area (Å²) in [6.07, 6.45) is 3.66. The molecule has 1 atom stereocenters. The average Bonchev–Trinajstić information content (AvgIpc) is 2.20. The molecule has 16 heavy (non-hydrogen) atoms. The molecule has 1 aromatic rings. The Balaban J connectivity index is 2.45. The number of rotatable bonds is 5. The minimum atomic E-state index is -0.657. The van der Waals surface area contributed by atoms with Crippen LogP contribution in [0.1, 0.15) is 31.9 Å². The van der Waals surface area contributed by atoms with E-state index in [1.54, 1.807) is 6.20 Å². The quantitative estimate of drug-likeness (QED) is 0.799. The molecule has 0 radical (unpaired) electrons. The maximum Gasteiger partial charge on any atom is 0.0766 e. The van der Waals surface area contributed by atoms with Crippen molar-refractivity contribution in [2.24, 2.45) is 5.92 Å². The number of hydrogen-bond donors (Lipinski definition) is 2. The fourth-order valence-electron chi connectivity index (χ4n) is 1.34. The Morgan fingerprint density at radius 3 is 2.75 bits per heavy atom. The molecule has 0 saturated heterocycles. The number of nitrogens with zero attached hydrogens (tertiary/aromatic N) is 1. The van der Waals surface area contributed by atoms with Crippen LogP contribution in [-0.4, -0.2) is 22.2 Å². The van der Waals surface area contributed by atoms with Crippen molar-refractivity contribution in [2.75, 3.05) is 6.54 Å². The molecule has 0 spiro atoms. The van der Waals surface area contributed by atoms with Crippen LogP contribution in [0.3, 0.4) is 0 Å². The highest BCUT2D eigenvalue weighted by atomic mass is 16.3. The van der Waals surface area contributed by atoms with E-state index in [9.17, 15) is 5.11 Å². The summed E-state index contributed by atoms with van der Waals surface area (Å²) in [4.78, 5) is 4.09. The standard InChI is InChI=1S/C13H22N2O/c1-10(2)13(4,16)9-15-8-12-7-14-6-5-11(12)3/h5-7,10,15-16H,8-9H2,1-4H3. The van der Waals surface area contributed by atoms with Crippen LogP contribution >= 0.6 is 0 Å². The monoisotopic (exact) mass is 222 g/mol. The lowest BCUT2D eigenvalue weighted by Gasteiger charge is -2.28. The number of aromatic nitrogens is 1. The highest BCUT2D eigenvalue weighted by molar-refractivity contribution is 5.21. The second-order valence-corrected chi connectivity index (χ2v) is 4.92. The molecule has 3 nitrogen and oxygen atoms in total. The summed E-state index contributed by atoms with van der Waals surface area (Å²) >= 11 is 0. The normalized spacial score (nSPS) is 15.1. The van der Waals surface area contributed by atoms with E-state index < -0.39 is 5.60 Å². The van der Waals surface area contributed by atoms with Crippen molar-refractivity contribution < 1.29 is 5.11 Å². The summed E-state index contributed by atoms with van der Waals surface area (Å²) < 4.78 is 0. The van der Waals surface area contributed by atoms with Crippen molar-refractivity contribution >= 4 is 0 Å². The summed E-state index contributed by atoms with van der Waals surface area (Å²) in [5.41, 5.74) is 1.75. The van der Waals surface area contributed by atoms with Gasteiger partial charge in [-0.05, 0) is 37.0 Å². The summed E-state index contributed by atoms with van der Waals surface area (Å²) in [7, 11) is 0. The van der Waals surface area contributed by atoms with Gasteiger partial charge in [0.25, 0.3) is 0 Å². The molecule has 0 saturated carbocycles. The molecular weight excluding hydrogens is 200 g/mol. The lowest BCUT2D eigenvalue weighted by Crippen LogP contribution is -2.42. The molecule has 1 unspecified atom stereocenters. The van der Waals surface area contributed by atoms with Gasteiger partial charge in [0.1, 0.15) is 0 Å². The predicted molar refractivity (Wildman–Crippen MR) is 66.1 cm³/mol. The van der Waals surface area contributed by atoms with E-state index in [1.165, 1.54) is 11.1 Å². The van der Waals surface area contributed by atoms with Crippen molar-refractivity contribution in [1.82, 2.24) is 10.3 Å². The summed E-state index contributed by atoms with van der Waals surface area (Å²) in [6.45, 7) is 9.33. The minimum Gasteiger partial charge on any atom is -0.389 e. The number of aliphatic hydroxyl groups is 1. The van der Waals surface area contributed by atoms with Gasteiger partial charge in [0.15, 0.2) is 0 Å². The van der Waals surface area contributed by atoms with E-state index in [1.807, 2.05) is 33.0 Å². The Hall–Kier alpha value is -0.930. The first kappa shape index (κ1) is 13.1. The molecule has 1 heterocycles. The smallest absolute Gasteiger partial charge is 0.0766 e. The summed E-state index contributed by atoms with van der Waals surface area (Å²) in [6, 6.07) is 2.00. The molecule has 1 rings (SSSR count). The molecule has 0 bridgehead atoms. The van der Waals surface area contributed by atoms with Crippen LogP contribution in [0, 0.1) is 12.8 Å². The van der Waals surface area contributed by atoms with Crippen LogP contribution < -0.4 is 5.32 Å². The van der Waals surface area contributed by atoms with Gasteiger partial charge in [0, 0.05) is 25.5 Å². The molecule has 0 aliphatic heterocycles. The van der Waals surface area contributed by atoms with Crippen LogP contribution in [0.25, 0.3) is 0 Å². The lowest BCUT2D eigenvalue weighted by atomic mass is 9.92. The Morgan fingerprint density at radius 1 is 1.50 bits per heavy atom. The van der Waals surface area contributed by atoms with Crippen molar-refractivity contribution in [3.8, 4) is 0 Å². The van der Waals surface area contributed by atoms with E-state index in [-0.39, 0.29) is 5.92 Å². The van der Waals surface area contributed by atoms with Gasteiger partial charge >= 0.3 is 0 Å². The van der Waals surface area contributed by atoms with Crippen LogP contribution in [0.15, 0.2) is 18.5 Å². The lowest BCUT2D eigenvalue weighted by molar-refractivity contribution is 0.0140. The molecule has 2 N–H and O–H groups in total. The zero-order valence-corrected chi connectivity index (χ0v) is 10.6.